The molecule has 2 heterocycles. The van der Waals surface area contributed by atoms with Gasteiger partial charge in [0.15, 0.2) is 0 Å². The van der Waals surface area contributed by atoms with Gasteiger partial charge in [0.2, 0.25) is 0 Å². The SMILES string of the molecule is Cn1cc(NC(=O)c2c(-c3ccccc3)c(-c3ccccc3)n[nH]c2=O)cn1. The monoisotopic (exact) mass is 371 g/mol. The second-order valence-electron chi connectivity index (χ2n) is 6.24. The van der Waals surface area contributed by atoms with E-state index in [4.69, 9.17) is 0 Å². The maximum Gasteiger partial charge on any atom is 0.277 e. The van der Waals surface area contributed by atoms with Crippen LogP contribution in [0, 0.1) is 0 Å². The summed E-state index contributed by atoms with van der Waals surface area (Å²) in [6.45, 7) is 0. The number of aryl methyl sites for hydroxylation is 1. The largest absolute Gasteiger partial charge is 0.319 e. The third-order valence-corrected chi connectivity index (χ3v) is 4.28. The fraction of sp³-hybridized carbons (Fsp3) is 0.0476. The molecular formula is C21H17N5O2. The Labute approximate surface area is 160 Å². The second-order valence-corrected chi connectivity index (χ2v) is 6.24. The molecule has 0 aliphatic heterocycles. The van der Waals surface area contributed by atoms with E-state index >= 15 is 0 Å². The quantitative estimate of drug-likeness (QED) is 0.577. The molecule has 0 fully saturated rings. The number of carbonyl (C=O) groups excluding carboxylic acids is 1. The van der Waals surface area contributed by atoms with Crippen molar-refractivity contribution < 1.29 is 4.79 Å². The summed E-state index contributed by atoms with van der Waals surface area (Å²) in [4.78, 5) is 25.7. The van der Waals surface area contributed by atoms with Crippen LogP contribution in [-0.4, -0.2) is 25.9 Å². The Hall–Kier alpha value is -4.00. The minimum Gasteiger partial charge on any atom is -0.319 e. The van der Waals surface area contributed by atoms with Gasteiger partial charge >= 0.3 is 0 Å². The molecule has 0 aliphatic carbocycles. The number of rotatable bonds is 4. The van der Waals surface area contributed by atoms with Crippen LogP contribution in [0.25, 0.3) is 22.4 Å². The highest BCUT2D eigenvalue weighted by atomic mass is 16.2. The van der Waals surface area contributed by atoms with Crippen LogP contribution in [0.4, 0.5) is 5.69 Å². The van der Waals surface area contributed by atoms with Crippen LogP contribution in [0.2, 0.25) is 0 Å². The van der Waals surface area contributed by atoms with Crippen molar-refractivity contribution in [3.05, 3.63) is 89.0 Å². The van der Waals surface area contributed by atoms with Crippen molar-refractivity contribution in [2.45, 2.75) is 0 Å². The topological polar surface area (TPSA) is 92.7 Å². The molecule has 7 heteroatoms. The summed E-state index contributed by atoms with van der Waals surface area (Å²) in [7, 11) is 1.75. The molecule has 4 aromatic rings. The zero-order chi connectivity index (χ0) is 19.5. The average Bonchev–Trinajstić information content (AvgIpc) is 3.13. The Morgan fingerprint density at radius 1 is 1.00 bits per heavy atom. The van der Waals surface area contributed by atoms with E-state index in [1.165, 1.54) is 6.20 Å². The molecule has 0 atom stereocenters. The number of anilines is 1. The normalized spacial score (nSPS) is 10.6. The smallest absolute Gasteiger partial charge is 0.277 e. The summed E-state index contributed by atoms with van der Waals surface area (Å²) in [5.41, 5.74) is 2.50. The van der Waals surface area contributed by atoms with E-state index in [9.17, 15) is 9.59 Å². The molecule has 2 N–H and O–H groups in total. The first-order valence-electron chi connectivity index (χ1n) is 8.67. The molecule has 0 bridgehead atoms. The molecular weight excluding hydrogens is 354 g/mol. The van der Waals surface area contributed by atoms with Gasteiger partial charge in [0.25, 0.3) is 11.5 Å². The Morgan fingerprint density at radius 2 is 1.64 bits per heavy atom. The first-order valence-corrected chi connectivity index (χ1v) is 8.67. The standard InChI is InChI=1S/C21H17N5O2/c1-26-13-16(12-22-26)23-20(27)18-17(14-8-4-2-5-9-14)19(24-25-21(18)28)15-10-6-3-7-11-15/h2-13H,1H3,(H,23,27)(H,25,28). The lowest BCUT2D eigenvalue weighted by Gasteiger charge is -2.13. The minimum atomic E-state index is -0.556. The molecule has 0 saturated carbocycles. The number of hydrogen-bond acceptors (Lipinski definition) is 4. The molecule has 0 radical (unpaired) electrons. The predicted molar refractivity (Wildman–Crippen MR) is 107 cm³/mol. The van der Waals surface area contributed by atoms with Gasteiger partial charge in [0, 0.05) is 24.4 Å². The van der Waals surface area contributed by atoms with Crippen LogP contribution in [0.3, 0.4) is 0 Å². The van der Waals surface area contributed by atoms with E-state index < -0.39 is 11.5 Å². The number of aromatic nitrogens is 4. The van der Waals surface area contributed by atoms with E-state index in [2.05, 4.69) is 20.6 Å². The summed E-state index contributed by atoms with van der Waals surface area (Å²) in [6, 6.07) is 18.7. The zero-order valence-corrected chi connectivity index (χ0v) is 15.1. The van der Waals surface area contributed by atoms with Crippen molar-refractivity contribution >= 4 is 11.6 Å². The molecule has 0 aliphatic rings. The van der Waals surface area contributed by atoms with E-state index in [-0.39, 0.29) is 5.56 Å². The highest BCUT2D eigenvalue weighted by molar-refractivity contribution is 6.10. The maximum absolute atomic E-state index is 13.0. The van der Waals surface area contributed by atoms with Crippen molar-refractivity contribution in [1.82, 2.24) is 20.0 Å². The zero-order valence-electron chi connectivity index (χ0n) is 15.1. The number of nitrogens with zero attached hydrogens (tertiary/aromatic N) is 3. The van der Waals surface area contributed by atoms with Gasteiger partial charge < -0.3 is 5.32 Å². The van der Waals surface area contributed by atoms with Crippen LogP contribution >= 0.6 is 0 Å². The molecule has 28 heavy (non-hydrogen) atoms. The number of aromatic amines is 1. The number of benzene rings is 2. The summed E-state index contributed by atoms with van der Waals surface area (Å²) in [6.07, 6.45) is 3.18. The van der Waals surface area contributed by atoms with Crippen LogP contribution in [0.1, 0.15) is 10.4 Å². The fourth-order valence-electron chi connectivity index (χ4n) is 3.04. The van der Waals surface area contributed by atoms with Gasteiger partial charge in [-0.25, -0.2) is 5.10 Å². The van der Waals surface area contributed by atoms with E-state index in [1.807, 2.05) is 60.7 Å². The predicted octanol–water partition coefficient (Wildman–Crippen LogP) is 3.09. The number of nitrogens with one attached hydrogen (secondary N) is 2. The molecule has 4 rings (SSSR count). The van der Waals surface area contributed by atoms with Gasteiger partial charge in [-0.3, -0.25) is 14.3 Å². The van der Waals surface area contributed by atoms with E-state index in [0.29, 0.717) is 16.9 Å². The Kier molecular flexibility index (Phi) is 4.55. The first-order chi connectivity index (χ1) is 13.6. The van der Waals surface area contributed by atoms with E-state index in [1.54, 1.807) is 17.9 Å². The second kappa shape index (κ2) is 7.32. The first kappa shape index (κ1) is 17.4. The Balaban J connectivity index is 1.92. The summed E-state index contributed by atoms with van der Waals surface area (Å²) < 4.78 is 1.57. The van der Waals surface area contributed by atoms with Gasteiger partial charge in [0.05, 0.1) is 17.6 Å². The number of carbonyl (C=O) groups is 1. The number of hydrogen-bond donors (Lipinski definition) is 2. The summed E-state index contributed by atoms with van der Waals surface area (Å²) in [5.74, 6) is -0.521. The minimum absolute atomic E-state index is 0.00362. The van der Waals surface area contributed by atoms with Crippen molar-refractivity contribution in [3.8, 4) is 22.4 Å². The number of H-pyrrole nitrogens is 1. The lowest BCUT2D eigenvalue weighted by atomic mass is 9.95. The Morgan fingerprint density at radius 3 is 2.25 bits per heavy atom. The van der Waals surface area contributed by atoms with Crippen molar-refractivity contribution in [1.29, 1.82) is 0 Å². The lowest BCUT2D eigenvalue weighted by molar-refractivity contribution is 0.102. The molecule has 2 aromatic heterocycles. The van der Waals surface area contributed by atoms with E-state index in [0.717, 1.165) is 11.1 Å². The van der Waals surface area contributed by atoms with Crippen molar-refractivity contribution in [2.75, 3.05) is 5.32 Å². The third-order valence-electron chi connectivity index (χ3n) is 4.28. The van der Waals surface area contributed by atoms with Gasteiger partial charge in [-0.05, 0) is 5.56 Å². The average molecular weight is 371 g/mol. The van der Waals surface area contributed by atoms with Gasteiger partial charge in [-0.15, -0.1) is 0 Å². The van der Waals surface area contributed by atoms with Crippen LogP contribution in [0.5, 0.6) is 0 Å². The fourth-order valence-corrected chi connectivity index (χ4v) is 3.04. The van der Waals surface area contributed by atoms with Crippen molar-refractivity contribution in [3.63, 3.8) is 0 Å². The van der Waals surface area contributed by atoms with Gasteiger partial charge in [-0.1, -0.05) is 60.7 Å². The van der Waals surface area contributed by atoms with Crippen LogP contribution in [0.15, 0.2) is 77.9 Å². The third kappa shape index (κ3) is 3.33. The highest BCUT2D eigenvalue weighted by Gasteiger charge is 2.23. The maximum atomic E-state index is 13.0. The van der Waals surface area contributed by atoms with Crippen LogP contribution < -0.4 is 10.9 Å². The molecule has 0 unspecified atom stereocenters. The Bertz CT molecular complexity index is 1180. The molecule has 0 saturated heterocycles. The molecule has 0 spiro atoms. The molecule has 1 amide bonds. The van der Waals surface area contributed by atoms with Crippen molar-refractivity contribution in [2.24, 2.45) is 7.05 Å². The summed E-state index contributed by atoms with van der Waals surface area (Å²) >= 11 is 0. The number of amides is 1. The molecule has 138 valence electrons. The van der Waals surface area contributed by atoms with Crippen LogP contribution in [-0.2, 0) is 7.05 Å². The molecule has 2 aromatic carbocycles. The summed E-state index contributed by atoms with van der Waals surface area (Å²) in [5, 5.41) is 13.5. The van der Waals surface area contributed by atoms with Gasteiger partial charge in [-0.2, -0.15) is 10.2 Å². The molecule has 7 nitrogen and oxygen atoms in total. The highest BCUT2D eigenvalue weighted by Crippen LogP contribution is 2.31. The van der Waals surface area contributed by atoms with Gasteiger partial charge in [0.1, 0.15) is 5.56 Å². The lowest BCUT2D eigenvalue weighted by Crippen LogP contribution is -2.26.